The second-order valence-electron chi connectivity index (χ2n) is 4.90. The molecule has 1 aromatic heterocycles. The molecule has 0 aliphatic rings. The fourth-order valence-corrected chi connectivity index (χ4v) is 1.97. The first-order valence-electron chi connectivity index (χ1n) is 6.94. The zero-order valence-electron chi connectivity index (χ0n) is 12.2. The quantitative estimate of drug-likeness (QED) is 0.848. The van der Waals surface area contributed by atoms with Crippen LogP contribution in [0.25, 0.3) is 11.5 Å². The molecule has 0 fully saturated rings. The summed E-state index contributed by atoms with van der Waals surface area (Å²) in [5, 5.41) is 2.86. The lowest BCUT2D eigenvalue weighted by Crippen LogP contribution is -2.25. The van der Waals surface area contributed by atoms with Gasteiger partial charge >= 0.3 is 0 Å². The highest BCUT2D eigenvalue weighted by molar-refractivity contribution is 5.93. The van der Waals surface area contributed by atoms with Crippen molar-refractivity contribution in [3.05, 3.63) is 41.3 Å². The van der Waals surface area contributed by atoms with E-state index in [1.807, 2.05) is 31.2 Å². The third-order valence-electron chi connectivity index (χ3n) is 3.09. The van der Waals surface area contributed by atoms with E-state index < -0.39 is 0 Å². The van der Waals surface area contributed by atoms with Crippen LogP contribution in [0.5, 0.6) is 0 Å². The summed E-state index contributed by atoms with van der Waals surface area (Å²) in [5.41, 5.74) is 2.39. The van der Waals surface area contributed by atoms with Crippen LogP contribution >= 0.6 is 0 Å². The fourth-order valence-electron chi connectivity index (χ4n) is 1.97. The van der Waals surface area contributed by atoms with Crippen molar-refractivity contribution in [1.82, 2.24) is 10.3 Å². The molecule has 1 amide bonds. The predicted octanol–water partition coefficient (Wildman–Crippen LogP) is 3.49. The molecule has 0 saturated carbocycles. The van der Waals surface area contributed by atoms with Gasteiger partial charge < -0.3 is 9.73 Å². The molecule has 1 N–H and O–H groups in total. The average molecular weight is 272 g/mol. The first-order chi connectivity index (χ1) is 9.61. The van der Waals surface area contributed by atoms with Crippen molar-refractivity contribution < 1.29 is 9.21 Å². The van der Waals surface area contributed by atoms with Gasteiger partial charge in [0.05, 0.1) is 0 Å². The van der Waals surface area contributed by atoms with Gasteiger partial charge in [0, 0.05) is 12.1 Å². The molecule has 4 heteroatoms. The van der Waals surface area contributed by atoms with Crippen molar-refractivity contribution in [1.29, 1.82) is 0 Å². The van der Waals surface area contributed by atoms with Crippen LogP contribution in [0.3, 0.4) is 0 Å². The number of carbonyl (C=O) groups is 1. The number of rotatable bonds is 5. The van der Waals surface area contributed by atoms with E-state index in [9.17, 15) is 4.79 Å². The van der Waals surface area contributed by atoms with Crippen LogP contribution in [-0.4, -0.2) is 17.4 Å². The summed E-state index contributed by atoms with van der Waals surface area (Å²) in [5.74, 6) is 0.876. The maximum Gasteiger partial charge on any atom is 0.273 e. The van der Waals surface area contributed by atoms with E-state index in [4.69, 9.17) is 4.42 Å². The fraction of sp³-hybridized carbons (Fsp3) is 0.375. The Hall–Kier alpha value is -2.10. The summed E-state index contributed by atoms with van der Waals surface area (Å²) in [7, 11) is 0. The molecule has 2 aromatic rings. The zero-order valence-corrected chi connectivity index (χ0v) is 12.2. The number of nitrogens with one attached hydrogen (secondary N) is 1. The highest BCUT2D eigenvalue weighted by atomic mass is 16.4. The Bertz CT molecular complexity index is 602. The Morgan fingerprint density at radius 3 is 2.85 bits per heavy atom. The molecule has 4 nitrogen and oxygen atoms in total. The number of aromatic nitrogens is 1. The Kier molecular flexibility index (Phi) is 4.56. The number of oxazole rings is 1. The second-order valence-corrected chi connectivity index (χ2v) is 4.90. The molecule has 0 spiro atoms. The number of hydrogen-bond acceptors (Lipinski definition) is 3. The number of aryl methyl sites for hydroxylation is 2. The summed E-state index contributed by atoms with van der Waals surface area (Å²) in [6.07, 6.45) is 2.01. The number of nitrogens with zero attached hydrogens (tertiary/aromatic N) is 1. The molecule has 1 aromatic carbocycles. The van der Waals surface area contributed by atoms with Crippen LogP contribution in [-0.2, 0) is 0 Å². The van der Waals surface area contributed by atoms with E-state index in [1.165, 1.54) is 0 Å². The molecule has 0 aliphatic carbocycles. The van der Waals surface area contributed by atoms with E-state index in [-0.39, 0.29) is 5.91 Å². The lowest BCUT2D eigenvalue weighted by Gasteiger charge is -2.00. The smallest absolute Gasteiger partial charge is 0.273 e. The molecule has 0 radical (unpaired) electrons. The van der Waals surface area contributed by atoms with E-state index >= 15 is 0 Å². The summed E-state index contributed by atoms with van der Waals surface area (Å²) < 4.78 is 5.61. The minimum atomic E-state index is -0.168. The van der Waals surface area contributed by atoms with E-state index in [2.05, 4.69) is 17.2 Å². The summed E-state index contributed by atoms with van der Waals surface area (Å²) in [6.45, 7) is 6.53. The molecule has 0 saturated heterocycles. The molecule has 0 aliphatic heterocycles. The molecule has 20 heavy (non-hydrogen) atoms. The molecule has 1 heterocycles. The molecule has 106 valence electrons. The van der Waals surface area contributed by atoms with Crippen LogP contribution < -0.4 is 5.32 Å². The third kappa shape index (κ3) is 3.26. The minimum absolute atomic E-state index is 0.168. The van der Waals surface area contributed by atoms with Gasteiger partial charge in [0.1, 0.15) is 5.76 Å². The topological polar surface area (TPSA) is 55.1 Å². The summed E-state index contributed by atoms with van der Waals surface area (Å²) in [4.78, 5) is 16.3. The highest BCUT2D eigenvalue weighted by Gasteiger charge is 2.17. The van der Waals surface area contributed by atoms with Crippen molar-refractivity contribution >= 4 is 5.91 Å². The first kappa shape index (κ1) is 14.3. The molecular formula is C16H20N2O2. The monoisotopic (exact) mass is 272 g/mol. The molecule has 0 unspecified atom stereocenters. The van der Waals surface area contributed by atoms with Crippen LogP contribution in [0.15, 0.2) is 28.7 Å². The van der Waals surface area contributed by atoms with Crippen LogP contribution in [0.2, 0.25) is 0 Å². The Morgan fingerprint density at radius 1 is 1.35 bits per heavy atom. The zero-order chi connectivity index (χ0) is 14.5. The first-order valence-corrected chi connectivity index (χ1v) is 6.94. The Balaban J connectivity index is 2.19. The van der Waals surface area contributed by atoms with Gasteiger partial charge in [-0.25, -0.2) is 4.98 Å². The number of hydrogen-bond donors (Lipinski definition) is 1. The Morgan fingerprint density at radius 2 is 2.15 bits per heavy atom. The standard InChI is InChI=1S/C16H20N2O2/c1-4-5-9-17-15(19)14-12(3)20-16(18-14)13-8-6-7-11(2)10-13/h6-8,10H,4-5,9H2,1-3H3,(H,17,19). The maximum atomic E-state index is 12.0. The minimum Gasteiger partial charge on any atom is -0.441 e. The SMILES string of the molecule is CCCCNC(=O)c1nc(-c2cccc(C)c2)oc1C. The van der Waals surface area contributed by atoms with Gasteiger partial charge in [0.15, 0.2) is 5.69 Å². The average Bonchev–Trinajstić information content (AvgIpc) is 2.81. The van der Waals surface area contributed by atoms with Crippen molar-refractivity contribution in [2.24, 2.45) is 0 Å². The number of amides is 1. The maximum absolute atomic E-state index is 12.0. The summed E-state index contributed by atoms with van der Waals surface area (Å²) >= 11 is 0. The molecular weight excluding hydrogens is 252 g/mol. The van der Waals surface area contributed by atoms with Gasteiger partial charge in [0.25, 0.3) is 5.91 Å². The van der Waals surface area contributed by atoms with Crippen LogP contribution in [0.1, 0.15) is 41.6 Å². The number of unbranched alkanes of at least 4 members (excludes halogenated alkanes) is 1. The third-order valence-corrected chi connectivity index (χ3v) is 3.09. The lowest BCUT2D eigenvalue weighted by atomic mass is 10.1. The van der Waals surface area contributed by atoms with E-state index in [0.29, 0.717) is 23.9 Å². The summed E-state index contributed by atoms with van der Waals surface area (Å²) in [6, 6.07) is 7.88. The van der Waals surface area contributed by atoms with Crippen LogP contribution in [0, 0.1) is 13.8 Å². The lowest BCUT2D eigenvalue weighted by molar-refractivity contribution is 0.0947. The van der Waals surface area contributed by atoms with E-state index in [1.54, 1.807) is 6.92 Å². The van der Waals surface area contributed by atoms with Gasteiger partial charge in [-0.15, -0.1) is 0 Å². The van der Waals surface area contributed by atoms with E-state index in [0.717, 1.165) is 24.0 Å². The van der Waals surface area contributed by atoms with Crippen molar-refractivity contribution in [2.45, 2.75) is 33.6 Å². The van der Waals surface area contributed by atoms with Crippen molar-refractivity contribution in [2.75, 3.05) is 6.54 Å². The van der Waals surface area contributed by atoms with Gasteiger partial charge in [-0.2, -0.15) is 0 Å². The van der Waals surface area contributed by atoms with Gasteiger partial charge in [0.2, 0.25) is 5.89 Å². The molecule has 0 bridgehead atoms. The van der Waals surface area contributed by atoms with Gasteiger partial charge in [-0.05, 0) is 32.4 Å². The Labute approximate surface area is 119 Å². The highest BCUT2D eigenvalue weighted by Crippen LogP contribution is 2.22. The predicted molar refractivity (Wildman–Crippen MR) is 78.7 cm³/mol. The van der Waals surface area contributed by atoms with Crippen LogP contribution in [0.4, 0.5) is 0 Å². The van der Waals surface area contributed by atoms with Crippen molar-refractivity contribution in [3.8, 4) is 11.5 Å². The normalized spacial score (nSPS) is 10.6. The second kappa shape index (κ2) is 6.37. The van der Waals surface area contributed by atoms with Crippen molar-refractivity contribution in [3.63, 3.8) is 0 Å². The largest absolute Gasteiger partial charge is 0.441 e. The van der Waals surface area contributed by atoms with Gasteiger partial charge in [-0.3, -0.25) is 4.79 Å². The number of benzene rings is 1. The molecule has 0 atom stereocenters. The number of carbonyl (C=O) groups excluding carboxylic acids is 1. The van der Waals surface area contributed by atoms with Gasteiger partial charge in [-0.1, -0.05) is 31.0 Å². The molecule has 2 rings (SSSR count).